The molecule has 3 nitrogen and oxygen atoms in total. The van der Waals surface area contributed by atoms with Gasteiger partial charge in [0.1, 0.15) is 0 Å². The summed E-state index contributed by atoms with van der Waals surface area (Å²) in [5, 5.41) is 13.0. The van der Waals surface area contributed by atoms with Gasteiger partial charge >= 0.3 is 0 Å². The predicted molar refractivity (Wildman–Crippen MR) is 81.3 cm³/mol. The van der Waals surface area contributed by atoms with Crippen molar-refractivity contribution in [2.75, 3.05) is 18.0 Å². The molecule has 3 rings (SSSR count). The molecule has 20 heavy (non-hydrogen) atoms. The summed E-state index contributed by atoms with van der Waals surface area (Å²) in [5.41, 5.74) is 3.95. The van der Waals surface area contributed by atoms with Crippen LogP contribution in [0, 0.1) is 11.3 Å². The number of nitriles is 1. The molecule has 0 fully saturated rings. The van der Waals surface area contributed by atoms with Gasteiger partial charge in [0.15, 0.2) is 0 Å². The summed E-state index contributed by atoms with van der Waals surface area (Å²) in [6.07, 6.45) is 0. The third-order valence-electron chi connectivity index (χ3n) is 3.48. The Kier molecular flexibility index (Phi) is 3.60. The standard InChI is InChI=1S/C16H14ClN3/c17-14-9-12(10-18)5-6-16(14)20-8-7-19-11-13-3-1-2-4-15(13)20/h1-6,9,19H,7-8,11H2. The van der Waals surface area contributed by atoms with Crippen molar-refractivity contribution in [3.8, 4) is 6.07 Å². The van der Waals surface area contributed by atoms with Crippen molar-refractivity contribution in [3.05, 3.63) is 58.6 Å². The van der Waals surface area contributed by atoms with Crippen molar-refractivity contribution >= 4 is 23.0 Å². The number of halogens is 1. The highest BCUT2D eigenvalue weighted by molar-refractivity contribution is 6.33. The van der Waals surface area contributed by atoms with Gasteiger partial charge in [-0.15, -0.1) is 0 Å². The van der Waals surface area contributed by atoms with Crippen LogP contribution in [0.1, 0.15) is 11.1 Å². The molecule has 0 aliphatic carbocycles. The fourth-order valence-corrected chi connectivity index (χ4v) is 2.79. The number of nitrogens with one attached hydrogen (secondary N) is 1. The van der Waals surface area contributed by atoms with Gasteiger partial charge in [0.25, 0.3) is 0 Å². The zero-order chi connectivity index (χ0) is 13.9. The molecule has 2 aromatic rings. The fourth-order valence-electron chi connectivity index (χ4n) is 2.50. The first-order chi connectivity index (χ1) is 9.79. The van der Waals surface area contributed by atoms with Crippen LogP contribution in [0.4, 0.5) is 11.4 Å². The zero-order valence-corrected chi connectivity index (χ0v) is 11.7. The van der Waals surface area contributed by atoms with Gasteiger partial charge in [0.2, 0.25) is 0 Å². The summed E-state index contributed by atoms with van der Waals surface area (Å²) in [6.45, 7) is 2.61. The van der Waals surface area contributed by atoms with Crippen LogP contribution >= 0.6 is 11.6 Å². The molecule has 0 aromatic heterocycles. The molecule has 0 amide bonds. The molecule has 0 bridgehead atoms. The number of benzene rings is 2. The lowest BCUT2D eigenvalue weighted by Crippen LogP contribution is -2.24. The molecule has 4 heteroatoms. The van der Waals surface area contributed by atoms with E-state index in [-0.39, 0.29) is 0 Å². The Morgan fingerprint density at radius 3 is 2.80 bits per heavy atom. The van der Waals surface area contributed by atoms with Crippen molar-refractivity contribution in [2.45, 2.75) is 6.54 Å². The highest BCUT2D eigenvalue weighted by Gasteiger charge is 2.18. The topological polar surface area (TPSA) is 39.1 Å². The number of hydrogen-bond acceptors (Lipinski definition) is 3. The quantitative estimate of drug-likeness (QED) is 0.871. The van der Waals surface area contributed by atoms with Gasteiger partial charge in [-0.05, 0) is 29.8 Å². The van der Waals surface area contributed by atoms with E-state index in [4.69, 9.17) is 16.9 Å². The number of fused-ring (bicyclic) bond motifs is 1. The molecule has 1 aliphatic rings. The number of para-hydroxylation sites is 1. The molecule has 0 unspecified atom stereocenters. The van der Waals surface area contributed by atoms with E-state index in [1.165, 1.54) is 11.3 Å². The molecular weight excluding hydrogens is 270 g/mol. The smallest absolute Gasteiger partial charge is 0.0992 e. The van der Waals surface area contributed by atoms with Gasteiger partial charge in [0.05, 0.1) is 22.3 Å². The van der Waals surface area contributed by atoms with Crippen LogP contribution < -0.4 is 10.2 Å². The number of anilines is 2. The highest BCUT2D eigenvalue weighted by Crippen LogP contribution is 2.34. The van der Waals surface area contributed by atoms with Crippen LogP contribution in [0.3, 0.4) is 0 Å². The molecule has 1 N–H and O–H groups in total. The van der Waals surface area contributed by atoms with Crippen LogP contribution in [0.5, 0.6) is 0 Å². The SMILES string of the molecule is N#Cc1ccc(N2CCNCc3ccccc32)c(Cl)c1. The average Bonchev–Trinajstić information content (AvgIpc) is 2.69. The van der Waals surface area contributed by atoms with Crippen LogP contribution in [-0.2, 0) is 6.54 Å². The van der Waals surface area contributed by atoms with Gasteiger partial charge < -0.3 is 10.2 Å². The molecule has 0 atom stereocenters. The lowest BCUT2D eigenvalue weighted by molar-refractivity contribution is 0.712. The Morgan fingerprint density at radius 2 is 2.00 bits per heavy atom. The monoisotopic (exact) mass is 283 g/mol. The van der Waals surface area contributed by atoms with E-state index in [1.54, 1.807) is 6.07 Å². The first kappa shape index (κ1) is 13.0. The van der Waals surface area contributed by atoms with E-state index in [9.17, 15) is 0 Å². The van der Waals surface area contributed by atoms with Crippen LogP contribution in [0.2, 0.25) is 5.02 Å². The second-order valence-electron chi connectivity index (χ2n) is 4.74. The van der Waals surface area contributed by atoms with Crippen LogP contribution in [-0.4, -0.2) is 13.1 Å². The summed E-state index contributed by atoms with van der Waals surface area (Å²) in [6, 6.07) is 15.9. The molecule has 0 saturated carbocycles. The minimum absolute atomic E-state index is 0.583. The zero-order valence-electron chi connectivity index (χ0n) is 10.9. The summed E-state index contributed by atoms with van der Waals surface area (Å²) in [5.74, 6) is 0. The Hall–Kier alpha value is -2.02. The van der Waals surface area contributed by atoms with Crippen molar-refractivity contribution in [3.63, 3.8) is 0 Å². The van der Waals surface area contributed by atoms with E-state index < -0.39 is 0 Å². The maximum absolute atomic E-state index is 8.93. The molecule has 0 spiro atoms. The predicted octanol–water partition coefficient (Wildman–Crippen LogP) is 3.45. The molecule has 2 aromatic carbocycles. The van der Waals surface area contributed by atoms with Crippen molar-refractivity contribution in [2.24, 2.45) is 0 Å². The highest BCUT2D eigenvalue weighted by atomic mass is 35.5. The fraction of sp³-hybridized carbons (Fsp3) is 0.188. The molecule has 1 heterocycles. The second kappa shape index (κ2) is 5.54. The maximum Gasteiger partial charge on any atom is 0.0992 e. The van der Waals surface area contributed by atoms with Gasteiger partial charge in [-0.2, -0.15) is 5.26 Å². The summed E-state index contributed by atoms with van der Waals surface area (Å²) in [7, 11) is 0. The van der Waals surface area contributed by atoms with E-state index in [0.29, 0.717) is 10.6 Å². The van der Waals surface area contributed by atoms with Gasteiger partial charge in [-0.3, -0.25) is 0 Å². The summed E-state index contributed by atoms with van der Waals surface area (Å²) >= 11 is 6.35. The first-order valence-corrected chi connectivity index (χ1v) is 6.93. The third kappa shape index (κ3) is 2.36. The van der Waals surface area contributed by atoms with Crippen molar-refractivity contribution in [1.82, 2.24) is 5.32 Å². The average molecular weight is 284 g/mol. The summed E-state index contributed by atoms with van der Waals surface area (Å²) < 4.78 is 0. The van der Waals surface area contributed by atoms with E-state index in [1.807, 2.05) is 24.3 Å². The Bertz CT molecular complexity index is 676. The van der Waals surface area contributed by atoms with Gasteiger partial charge in [-0.1, -0.05) is 29.8 Å². The minimum atomic E-state index is 0.583. The third-order valence-corrected chi connectivity index (χ3v) is 3.78. The number of nitrogens with zero attached hydrogens (tertiary/aromatic N) is 2. The maximum atomic E-state index is 8.93. The second-order valence-corrected chi connectivity index (χ2v) is 5.14. The van der Waals surface area contributed by atoms with Crippen LogP contribution in [0.25, 0.3) is 0 Å². The molecular formula is C16H14ClN3. The Balaban J connectivity index is 2.08. The minimum Gasteiger partial charge on any atom is -0.339 e. The molecule has 0 saturated heterocycles. The summed E-state index contributed by atoms with van der Waals surface area (Å²) in [4.78, 5) is 2.21. The Labute approximate surface area is 123 Å². The number of rotatable bonds is 1. The lowest BCUT2D eigenvalue weighted by Gasteiger charge is -2.25. The van der Waals surface area contributed by atoms with Gasteiger partial charge in [-0.25, -0.2) is 0 Å². The Morgan fingerprint density at radius 1 is 1.15 bits per heavy atom. The molecule has 100 valence electrons. The largest absolute Gasteiger partial charge is 0.339 e. The normalized spacial score (nSPS) is 14.3. The van der Waals surface area contributed by atoms with E-state index in [2.05, 4.69) is 28.4 Å². The van der Waals surface area contributed by atoms with E-state index in [0.717, 1.165) is 25.3 Å². The lowest BCUT2D eigenvalue weighted by atomic mass is 10.1. The van der Waals surface area contributed by atoms with Crippen LogP contribution in [0.15, 0.2) is 42.5 Å². The molecule has 1 aliphatic heterocycles. The molecule has 0 radical (unpaired) electrons. The number of hydrogen-bond donors (Lipinski definition) is 1. The first-order valence-electron chi connectivity index (χ1n) is 6.55. The van der Waals surface area contributed by atoms with Crippen molar-refractivity contribution < 1.29 is 0 Å². The van der Waals surface area contributed by atoms with Gasteiger partial charge in [0, 0.05) is 25.3 Å². The van der Waals surface area contributed by atoms with E-state index >= 15 is 0 Å². The van der Waals surface area contributed by atoms with Crippen molar-refractivity contribution in [1.29, 1.82) is 5.26 Å².